The van der Waals surface area contributed by atoms with Gasteiger partial charge >= 0.3 is 6.18 Å². The molecule has 3 heterocycles. The van der Waals surface area contributed by atoms with Crippen molar-refractivity contribution in [1.82, 2.24) is 24.8 Å². The normalized spacial score (nSPS) is 13.8. The van der Waals surface area contributed by atoms with E-state index in [-0.39, 0.29) is 13.2 Å². The molecule has 10 nitrogen and oxygen atoms in total. The molecule has 0 bridgehead atoms. The lowest BCUT2D eigenvalue weighted by molar-refractivity contribution is -0.173. The summed E-state index contributed by atoms with van der Waals surface area (Å²) < 4.78 is 48.8. The number of likely N-dealkylation sites (N-methyl/N-ethyl adjacent to an activating group) is 2. The summed E-state index contributed by atoms with van der Waals surface area (Å²) in [6.45, 7) is 5.72. The quantitative estimate of drug-likeness (QED) is 0.360. The van der Waals surface area contributed by atoms with Crippen molar-refractivity contribution in [2.24, 2.45) is 0 Å². The van der Waals surface area contributed by atoms with Crippen molar-refractivity contribution < 1.29 is 22.6 Å². The summed E-state index contributed by atoms with van der Waals surface area (Å²) in [5.41, 5.74) is 3.44. The Balaban J connectivity index is 2.08. The van der Waals surface area contributed by atoms with Crippen LogP contribution in [-0.4, -0.2) is 105 Å². The summed E-state index contributed by atoms with van der Waals surface area (Å²) in [6, 6.07) is 1.72. The zero-order chi connectivity index (χ0) is 27.7. The molecule has 1 aliphatic heterocycles. The number of rotatable bonds is 14. The summed E-state index contributed by atoms with van der Waals surface area (Å²) in [7, 11) is 5.93. The SMILES string of the molecule is CCOCC1=C(CC)CN(CCOCC(F)(F)F)c2c(Nc3ccncn3)nc(N(C)CCN(C)C)nc21. The van der Waals surface area contributed by atoms with Gasteiger partial charge in [0, 0.05) is 51.6 Å². The highest BCUT2D eigenvalue weighted by Crippen LogP contribution is 2.41. The minimum atomic E-state index is -4.38. The first-order chi connectivity index (χ1) is 18.1. The molecular weight excluding hydrogens is 501 g/mol. The summed E-state index contributed by atoms with van der Waals surface area (Å²) >= 11 is 0. The van der Waals surface area contributed by atoms with Crippen LogP contribution >= 0.6 is 0 Å². The maximum atomic E-state index is 12.7. The van der Waals surface area contributed by atoms with E-state index in [4.69, 9.17) is 19.4 Å². The molecular formula is C25H37F3N8O2. The molecule has 0 saturated carbocycles. The smallest absolute Gasteiger partial charge is 0.377 e. The van der Waals surface area contributed by atoms with Crippen molar-refractivity contribution >= 4 is 28.8 Å². The Kier molecular flexibility index (Phi) is 10.6. The molecule has 0 unspecified atom stereocenters. The van der Waals surface area contributed by atoms with E-state index in [1.54, 1.807) is 12.3 Å². The fourth-order valence-corrected chi connectivity index (χ4v) is 3.97. The third-order valence-electron chi connectivity index (χ3n) is 5.98. The van der Waals surface area contributed by atoms with Crippen LogP contribution in [0.5, 0.6) is 0 Å². The minimum Gasteiger partial charge on any atom is -0.377 e. The van der Waals surface area contributed by atoms with Crippen LogP contribution in [0.3, 0.4) is 0 Å². The molecule has 0 spiro atoms. The molecule has 38 heavy (non-hydrogen) atoms. The number of halogens is 3. The number of nitrogens with one attached hydrogen (secondary N) is 1. The Morgan fingerprint density at radius 3 is 2.53 bits per heavy atom. The van der Waals surface area contributed by atoms with E-state index in [0.717, 1.165) is 24.1 Å². The number of aromatic nitrogens is 4. The maximum absolute atomic E-state index is 12.7. The van der Waals surface area contributed by atoms with E-state index >= 15 is 0 Å². The second kappa shape index (κ2) is 13.7. The van der Waals surface area contributed by atoms with Gasteiger partial charge in [0.25, 0.3) is 0 Å². The fourth-order valence-electron chi connectivity index (χ4n) is 3.97. The van der Waals surface area contributed by atoms with Crippen LogP contribution in [-0.2, 0) is 9.47 Å². The Morgan fingerprint density at radius 2 is 1.89 bits per heavy atom. The van der Waals surface area contributed by atoms with Crippen LogP contribution in [0.25, 0.3) is 5.57 Å². The molecule has 0 radical (unpaired) electrons. The fraction of sp³-hybridized carbons (Fsp3) is 0.600. The zero-order valence-corrected chi connectivity index (χ0v) is 22.7. The van der Waals surface area contributed by atoms with E-state index in [0.29, 0.717) is 55.3 Å². The first kappa shape index (κ1) is 29.5. The lowest BCUT2D eigenvalue weighted by atomic mass is 9.96. The monoisotopic (exact) mass is 538 g/mol. The molecule has 3 rings (SSSR count). The van der Waals surface area contributed by atoms with Gasteiger partial charge in [-0.05, 0) is 39.1 Å². The molecule has 0 saturated heterocycles. The highest BCUT2D eigenvalue weighted by atomic mass is 19.4. The third-order valence-corrected chi connectivity index (χ3v) is 5.98. The Morgan fingerprint density at radius 1 is 1.11 bits per heavy atom. The van der Waals surface area contributed by atoms with Crippen molar-refractivity contribution in [3.05, 3.63) is 29.9 Å². The second-order valence-corrected chi connectivity index (χ2v) is 9.18. The predicted molar refractivity (Wildman–Crippen MR) is 142 cm³/mol. The van der Waals surface area contributed by atoms with Gasteiger partial charge in [0.2, 0.25) is 5.95 Å². The Bertz CT molecular complexity index is 1070. The molecule has 2 aromatic rings. The average molecular weight is 539 g/mol. The van der Waals surface area contributed by atoms with Crippen LogP contribution < -0.4 is 15.1 Å². The van der Waals surface area contributed by atoms with Crippen molar-refractivity contribution in [2.45, 2.75) is 26.4 Å². The number of anilines is 4. The summed E-state index contributed by atoms with van der Waals surface area (Å²) in [6.07, 6.45) is -0.593. The van der Waals surface area contributed by atoms with Crippen LogP contribution in [0.1, 0.15) is 26.0 Å². The van der Waals surface area contributed by atoms with Gasteiger partial charge in [-0.3, -0.25) is 0 Å². The number of hydrogen-bond acceptors (Lipinski definition) is 10. The molecule has 0 fully saturated rings. The minimum absolute atomic E-state index is 0.103. The van der Waals surface area contributed by atoms with Gasteiger partial charge < -0.3 is 29.5 Å². The molecule has 0 atom stereocenters. The zero-order valence-electron chi connectivity index (χ0n) is 22.7. The molecule has 1 aliphatic rings. The summed E-state index contributed by atoms with van der Waals surface area (Å²) in [4.78, 5) is 24.1. The molecule has 0 amide bonds. The number of hydrogen-bond donors (Lipinski definition) is 1. The van der Waals surface area contributed by atoms with Crippen molar-refractivity contribution in [3.63, 3.8) is 0 Å². The van der Waals surface area contributed by atoms with Crippen LogP contribution in [0.2, 0.25) is 0 Å². The van der Waals surface area contributed by atoms with Crippen LogP contribution in [0, 0.1) is 0 Å². The highest BCUT2D eigenvalue weighted by molar-refractivity contribution is 5.88. The molecule has 13 heteroatoms. The van der Waals surface area contributed by atoms with Gasteiger partial charge in [0.1, 0.15) is 24.4 Å². The van der Waals surface area contributed by atoms with Crippen molar-refractivity contribution in [3.8, 4) is 0 Å². The number of nitrogens with zero attached hydrogens (tertiary/aromatic N) is 7. The number of ether oxygens (including phenoxy) is 2. The van der Waals surface area contributed by atoms with Crippen molar-refractivity contribution in [2.75, 3.05) is 88.9 Å². The molecule has 2 aromatic heterocycles. The third kappa shape index (κ3) is 8.23. The predicted octanol–water partition coefficient (Wildman–Crippen LogP) is 3.61. The molecule has 0 aromatic carbocycles. The lowest BCUT2D eigenvalue weighted by Crippen LogP contribution is -2.36. The Labute approximate surface area is 221 Å². The average Bonchev–Trinajstić information content (AvgIpc) is 2.88. The molecule has 210 valence electrons. The van der Waals surface area contributed by atoms with Gasteiger partial charge in [-0.15, -0.1) is 0 Å². The number of alkyl halides is 3. The Hall–Kier alpha value is -3.03. The van der Waals surface area contributed by atoms with E-state index < -0.39 is 12.8 Å². The first-order valence-corrected chi connectivity index (χ1v) is 12.6. The van der Waals surface area contributed by atoms with Crippen molar-refractivity contribution in [1.29, 1.82) is 0 Å². The van der Waals surface area contributed by atoms with Gasteiger partial charge in [0.15, 0.2) is 5.82 Å². The van der Waals surface area contributed by atoms with Gasteiger partial charge in [-0.25, -0.2) is 15.0 Å². The molecule has 0 aliphatic carbocycles. The van der Waals surface area contributed by atoms with E-state index in [1.165, 1.54) is 6.33 Å². The summed E-state index contributed by atoms with van der Waals surface area (Å²) in [5.74, 6) is 1.55. The van der Waals surface area contributed by atoms with Gasteiger partial charge in [0.05, 0.1) is 18.9 Å². The summed E-state index contributed by atoms with van der Waals surface area (Å²) in [5, 5.41) is 3.28. The maximum Gasteiger partial charge on any atom is 0.411 e. The first-order valence-electron chi connectivity index (χ1n) is 12.6. The second-order valence-electron chi connectivity index (χ2n) is 9.18. The standard InChI is InChI=1S/C25H37F3N8O2/c1-6-18-14-36(12-13-38-16-25(26,27)28)22-21(19(18)15-37-7-2)32-24(35(5)11-10-34(3)4)33-23(22)31-20-8-9-29-17-30-20/h8-9,17H,6-7,10-16H2,1-5H3,(H,29,30,31,32,33). The van der Waals surface area contributed by atoms with E-state index in [1.807, 2.05) is 37.9 Å². The van der Waals surface area contributed by atoms with Crippen LogP contribution in [0.4, 0.5) is 36.4 Å². The molecule has 1 N–H and O–H groups in total. The van der Waals surface area contributed by atoms with Gasteiger partial charge in [-0.2, -0.15) is 18.2 Å². The van der Waals surface area contributed by atoms with E-state index in [2.05, 4.69) is 27.1 Å². The van der Waals surface area contributed by atoms with E-state index in [9.17, 15) is 13.2 Å². The topological polar surface area (TPSA) is 91.8 Å². The van der Waals surface area contributed by atoms with Crippen LogP contribution in [0.15, 0.2) is 24.2 Å². The largest absolute Gasteiger partial charge is 0.411 e. The van der Waals surface area contributed by atoms with Gasteiger partial charge in [-0.1, -0.05) is 6.92 Å². The lowest BCUT2D eigenvalue weighted by Gasteiger charge is -2.35. The highest BCUT2D eigenvalue weighted by Gasteiger charge is 2.31. The number of fused-ring (bicyclic) bond motifs is 1.